The summed E-state index contributed by atoms with van der Waals surface area (Å²) in [5.74, 6) is 0.702. The Morgan fingerprint density at radius 2 is 2.00 bits per heavy atom. The van der Waals surface area contributed by atoms with Crippen molar-refractivity contribution in [3.63, 3.8) is 0 Å². The van der Waals surface area contributed by atoms with E-state index in [-0.39, 0.29) is 0 Å². The van der Waals surface area contributed by atoms with E-state index in [4.69, 9.17) is 25.6 Å². The zero-order valence-electron chi connectivity index (χ0n) is 17.1. The molecule has 1 aromatic heterocycles. The van der Waals surface area contributed by atoms with E-state index in [0.717, 1.165) is 5.56 Å². The van der Waals surface area contributed by atoms with Crippen LogP contribution in [0.2, 0.25) is 5.02 Å². The van der Waals surface area contributed by atoms with Gasteiger partial charge in [-0.1, -0.05) is 28.9 Å². The average molecular weight is 462 g/mol. The monoisotopic (exact) mass is 461 g/mol. The van der Waals surface area contributed by atoms with Gasteiger partial charge in [0, 0.05) is 16.0 Å². The SMILES string of the molecule is COc1cc(Cl)c(C)cc1NC(=O)COC(=O)c1ccccc1SCc1nc(C)no1. The van der Waals surface area contributed by atoms with Gasteiger partial charge in [-0.15, -0.1) is 11.8 Å². The van der Waals surface area contributed by atoms with Gasteiger partial charge in [-0.25, -0.2) is 4.79 Å². The predicted octanol–water partition coefficient (Wildman–Crippen LogP) is 4.44. The molecule has 0 radical (unpaired) electrons. The summed E-state index contributed by atoms with van der Waals surface area (Å²) in [5, 5.41) is 6.93. The maximum Gasteiger partial charge on any atom is 0.339 e. The molecule has 2 aromatic carbocycles. The Bertz CT molecular complexity index is 1100. The van der Waals surface area contributed by atoms with Gasteiger partial charge in [-0.2, -0.15) is 4.98 Å². The third-order valence-corrected chi connectivity index (χ3v) is 5.58. The highest BCUT2D eigenvalue weighted by Gasteiger charge is 2.17. The third-order valence-electron chi connectivity index (χ3n) is 4.12. The lowest BCUT2D eigenvalue weighted by Crippen LogP contribution is -2.21. The lowest BCUT2D eigenvalue weighted by molar-refractivity contribution is -0.119. The Hall–Kier alpha value is -3.04. The maximum absolute atomic E-state index is 12.6. The summed E-state index contributed by atoms with van der Waals surface area (Å²) in [6, 6.07) is 10.2. The summed E-state index contributed by atoms with van der Waals surface area (Å²) >= 11 is 7.44. The Labute approximate surface area is 188 Å². The molecule has 0 saturated heterocycles. The summed E-state index contributed by atoms with van der Waals surface area (Å²) in [7, 11) is 1.47. The summed E-state index contributed by atoms with van der Waals surface area (Å²) in [5.41, 5.74) is 1.56. The number of methoxy groups -OCH3 is 1. The molecule has 0 fully saturated rings. The van der Waals surface area contributed by atoms with Crippen LogP contribution in [-0.2, 0) is 15.3 Å². The summed E-state index contributed by atoms with van der Waals surface area (Å²) in [4.78, 5) is 29.7. The van der Waals surface area contributed by atoms with E-state index in [9.17, 15) is 9.59 Å². The van der Waals surface area contributed by atoms with Crippen LogP contribution in [0.25, 0.3) is 0 Å². The van der Waals surface area contributed by atoms with Gasteiger partial charge < -0.3 is 19.3 Å². The highest BCUT2D eigenvalue weighted by molar-refractivity contribution is 7.98. The largest absolute Gasteiger partial charge is 0.495 e. The van der Waals surface area contributed by atoms with Crippen LogP contribution < -0.4 is 10.1 Å². The molecule has 1 heterocycles. The summed E-state index contributed by atoms with van der Waals surface area (Å²) in [6.07, 6.45) is 0. The van der Waals surface area contributed by atoms with Crippen molar-refractivity contribution in [2.45, 2.75) is 24.5 Å². The van der Waals surface area contributed by atoms with Gasteiger partial charge >= 0.3 is 5.97 Å². The van der Waals surface area contributed by atoms with Crippen LogP contribution in [0.15, 0.2) is 45.8 Å². The summed E-state index contributed by atoms with van der Waals surface area (Å²) < 4.78 is 15.5. The van der Waals surface area contributed by atoms with Crippen molar-refractivity contribution in [3.8, 4) is 5.75 Å². The van der Waals surface area contributed by atoms with E-state index in [1.807, 2.05) is 6.92 Å². The number of halogens is 1. The first-order chi connectivity index (χ1) is 14.9. The minimum Gasteiger partial charge on any atom is -0.495 e. The fourth-order valence-corrected chi connectivity index (χ4v) is 3.66. The standard InChI is InChI=1S/C21H20ClN3O5S/c1-12-8-16(17(28-3)9-15(12)22)24-19(26)10-29-21(27)14-6-4-5-7-18(14)31-11-20-23-13(2)25-30-20/h4-9H,10-11H2,1-3H3,(H,24,26). The lowest BCUT2D eigenvalue weighted by Gasteiger charge is -2.13. The molecule has 0 unspecified atom stereocenters. The number of esters is 1. The molecule has 1 amide bonds. The molecule has 10 heteroatoms. The van der Waals surface area contributed by atoms with Crippen molar-refractivity contribution >= 4 is 40.9 Å². The number of hydrogen-bond acceptors (Lipinski definition) is 8. The number of hydrogen-bond donors (Lipinski definition) is 1. The zero-order chi connectivity index (χ0) is 22.4. The highest BCUT2D eigenvalue weighted by atomic mass is 35.5. The van der Waals surface area contributed by atoms with E-state index in [1.54, 1.807) is 43.3 Å². The molecule has 0 aliphatic rings. The number of amides is 1. The van der Waals surface area contributed by atoms with E-state index >= 15 is 0 Å². The van der Waals surface area contributed by atoms with Crippen LogP contribution in [0.3, 0.4) is 0 Å². The number of ether oxygens (including phenoxy) is 2. The second kappa shape index (κ2) is 10.3. The molecule has 0 aliphatic carbocycles. The Balaban J connectivity index is 1.61. The fraction of sp³-hybridized carbons (Fsp3) is 0.238. The molecule has 1 N–H and O–H groups in total. The van der Waals surface area contributed by atoms with Gasteiger partial charge in [0.05, 0.1) is 24.1 Å². The van der Waals surface area contributed by atoms with Crippen molar-refractivity contribution in [2.24, 2.45) is 0 Å². The van der Waals surface area contributed by atoms with E-state index in [1.165, 1.54) is 18.9 Å². The van der Waals surface area contributed by atoms with Crippen LogP contribution in [0.1, 0.15) is 27.6 Å². The summed E-state index contributed by atoms with van der Waals surface area (Å²) in [6.45, 7) is 3.09. The van der Waals surface area contributed by atoms with E-state index in [0.29, 0.717) is 44.4 Å². The number of benzene rings is 2. The third kappa shape index (κ3) is 5.99. The van der Waals surface area contributed by atoms with E-state index < -0.39 is 18.5 Å². The minimum absolute atomic E-state index is 0.344. The van der Waals surface area contributed by atoms with Gasteiger partial charge in [0.15, 0.2) is 12.4 Å². The molecule has 0 atom stereocenters. The number of nitrogens with zero attached hydrogens (tertiary/aromatic N) is 2. The van der Waals surface area contributed by atoms with Gasteiger partial charge in [0.1, 0.15) is 5.75 Å². The number of rotatable bonds is 8. The van der Waals surface area contributed by atoms with Crippen molar-refractivity contribution in [2.75, 3.05) is 19.0 Å². The Kier molecular flexibility index (Phi) is 7.54. The Morgan fingerprint density at radius 1 is 1.23 bits per heavy atom. The first-order valence-corrected chi connectivity index (χ1v) is 10.6. The first-order valence-electron chi connectivity index (χ1n) is 9.19. The normalized spacial score (nSPS) is 10.6. The molecular weight excluding hydrogens is 442 g/mol. The number of carbonyl (C=O) groups is 2. The second-order valence-corrected chi connectivity index (χ2v) is 7.87. The Morgan fingerprint density at radius 3 is 2.71 bits per heavy atom. The van der Waals surface area contributed by atoms with Crippen LogP contribution in [0.5, 0.6) is 5.75 Å². The van der Waals surface area contributed by atoms with E-state index in [2.05, 4.69) is 15.5 Å². The zero-order valence-corrected chi connectivity index (χ0v) is 18.7. The quantitative estimate of drug-likeness (QED) is 0.388. The number of thioether (sulfide) groups is 1. The van der Waals surface area contributed by atoms with Crippen molar-refractivity contribution in [3.05, 3.63) is 64.3 Å². The molecule has 162 valence electrons. The van der Waals surface area contributed by atoms with Crippen LogP contribution in [0, 0.1) is 13.8 Å². The number of carbonyl (C=O) groups excluding carboxylic acids is 2. The topological polar surface area (TPSA) is 104 Å². The minimum atomic E-state index is -0.612. The number of aromatic nitrogens is 2. The van der Waals surface area contributed by atoms with Crippen molar-refractivity contribution in [1.29, 1.82) is 0 Å². The molecule has 3 aromatic rings. The van der Waals surface area contributed by atoms with Crippen molar-refractivity contribution < 1.29 is 23.6 Å². The number of anilines is 1. The fourth-order valence-electron chi connectivity index (χ4n) is 2.62. The first kappa shape index (κ1) is 22.6. The highest BCUT2D eigenvalue weighted by Crippen LogP contribution is 2.31. The van der Waals surface area contributed by atoms with Crippen LogP contribution in [0.4, 0.5) is 5.69 Å². The molecule has 0 spiro atoms. The van der Waals surface area contributed by atoms with Gasteiger partial charge in [-0.05, 0) is 37.6 Å². The second-order valence-electron chi connectivity index (χ2n) is 6.45. The van der Waals surface area contributed by atoms with Crippen molar-refractivity contribution in [1.82, 2.24) is 10.1 Å². The maximum atomic E-state index is 12.6. The van der Waals surface area contributed by atoms with Crippen LogP contribution in [-0.4, -0.2) is 35.7 Å². The molecule has 8 nitrogen and oxygen atoms in total. The average Bonchev–Trinajstić information content (AvgIpc) is 3.18. The molecule has 0 saturated carbocycles. The lowest BCUT2D eigenvalue weighted by atomic mass is 10.2. The molecule has 31 heavy (non-hydrogen) atoms. The molecular formula is C21H20ClN3O5S. The molecule has 3 rings (SSSR count). The van der Waals surface area contributed by atoms with Gasteiger partial charge in [0.2, 0.25) is 5.89 Å². The number of aryl methyl sites for hydroxylation is 2. The van der Waals surface area contributed by atoms with Gasteiger partial charge in [-0.3, -0.25) is 4.79 Å². The predicted molar refractivity (Wildman–Crippen MR) is 117 cm³/mol. The smallest absolute Gasteiger partial charge is 0.339 e. The van der Waals surface area contributed by atoms with Gasteiger partial charge in [0.25, 0.3) is 5.91 Å². The van der Waals surface area contributed by atoms with Crippen LogP contribution >= 0.6 is 23.4 Å². The molecule has 0 bridgehead atoms. The molecule has 0 aliphatic heterocycles. The number of nitrogens with one attached hydrogen (secondary N) is 1.